The predicted molar refractivity (Wildman–Crippen MR) is 98.2 cm³/mol. The number of nitrogens with zero attached hydrogens (tertiary/aromatic N) is 1. The van der Waals surface area contributed by atoms with Gasteiger partial charge in [0.2, 0.25) is 0 Å². The van der Waals surface area contributed by atoms with E-state index >= 15 is 0 Å². The molecule has 1 aliphatic heterocycles. The Labute approximate surface area is 153 Å². The number of rotatable bonds is 5. The Morgan fingerprint density at radius 2 is 1.76 bits per heavy atom. The summed E-state index contributed by atoms with van der Waals surface area (Å²) in [6.07, 6.45) is 1.42. The van der Waals surface area contributed by atoms with Crippen molar-refractivity contribution in [1.29, 1.82) is 0 Å². The maximum Gasteiger partial charge on any atom is 0.263 e. The normalized spacial score (nSPS) is 18.0. The lowest BCUT2D eigenvalue weighted by atomic mass is 10.0. The first-order valence-corrected chi connectivity index (χ1v) is 8.83. The number of methoxy groups -OCH3 is 1. The first-order chi connectivity index (χ1) is 12.1. The number of halogens is 1. The molecule has 1 aliphatic rings. The van der Waals surface area contributed by atoms with Gasteiger partial charge in [0, 0.05) is 11.6 Å². The molecule has 4 nitrogen and oxygen atoms in total. The molecule has 0 aromatic heterocycles. The summed E-state index contributed by atoms with van der Waals surface area (Å²) >= 11 is 5.88. The molecule has 0 N–H and O–H groups in total. The van der Waals surface area contributed by atoms with Gasteiger partial charge in [-0.1, -0.05) is 23.7 Å². The van der Waals surface area contributed by atoms with Crippen LogP contribution in [-0.2, 0) is 4.79 Å². The van der Waals surface area contributed by atoms with E-state index < -0.39 is 6.10 Å². The summed E-state index contributed by atoms with van der Waals surface area (Å²) in [6, 6.07) is 15.1. The average molecular weight is 360 g/mol. The minimum absolute atomic E-state index is 0.00766. The fourth-order valence-electron chi connectivity index (χ4n) is 3.20. The molecule has 0 aliphatic carbocycles. The van der Waals surface area contributed by atoms with Crippen LogP contribution in [0.15, 0.2) is 48.5 Å². The molecule has 1 heterocycles. The van der Waals surface area contributed by atoms with E-state index in [0.29, 0.717) is 10.8 Å². The minimum atomic E-state index is -0.542. The van der Waals surface area contributed by atoms with Gasteiger partial charge < -0.3 is 14.4 Å². The fourth-order valence-corrected chi connectivity index (χ4v) is 3.33. The first kappa shape index (κ1) is 17.6. The molecule has 2 aromatic rings. The molecule has 0 bridgehead atoms. The van der Waals surface area contributed by atoms with Crippen LogP contribution >= 0.6 is 11.6 Å². The van der Waals surface area contributed by atoms with Crippen LogP contribution in [0, 0.1) is 0 Å². The Morgan fingerprint density at radius 3 is 2.40 bits per heavy atom. The largest absolute Gasteiger partial charge is 0.497 e. The van der Waals surface area contributed by atoms with Crippen LogP contribution in [0.25, 0.3) is 0 Å². The number of hydrogen-bond donors (Lipinski definition) is 0. The van der Waals surface area contributed by atoms with Gasteiger partial charge in [0.05, 0.1) is 13.2 Å². The molecule has 1 amide bonds. The van der Waals surface area contributed by atoms with Gasteiger partial charge in [0.15, 0.2) is 6.10 Å². The Hall–Kier alpha value is -2.20. The van der Waals surface area contributed by atoms with Crippen molar-refractivity contribution >= 4 is 17.5 Å². The second-order valence-electron chi connectivity index (χ2n) is 6.18. The number of hydrogen-bond acceptors (Lipinski definition) is 3. The summed E-state index contributed by atoms with van der Waals surface area (Å²) in [5.41, 5.74) is 1.13. The van der Waals surface area contributed by atoms with Crippen molar-refractivity contribution in [2.45, 2.75) is 31.9 Å². The third-order valence-electron chi connectivity index (χ3n) is 4.51. The van der Waals surface area contributed by atoms with Gasteiger partial charge in [-0.2, -0.15) is 0 Å². The quantitative estimate of drug-likeness (QED) is 0.790. The van der Waals surface area contributed by atoms with E-state index in [4.69, 9.17) is 21.1 Å². The molecule has 2 atom stereocenters. The Morgan fingerprint density at radius 1 is 1.12 bits per heavy atom. The lowest BCUT2D eigenvalue weighted by Crippen LogP contribution is -2.40. The second kappa shape index (κ2) is 7.79. The van der Waals surface area contributed by atoms with Gasteiger partial charge in [0.1, 0.15) is 11.5 Å². The van der Waals surface area contributed by atoms with Gasteiger partial charge in [-0.3, -0.25) is 4.79 Å². The van der Waals surface area contributed by atoms with Gasteiger partial charge in [-0.15, -0.1) is 0 Å². The Kier molecular flexibility index (Phi) is 5.49. The van der Waals surface area contributed by atoms with E-state index in [1.54, 1.807) is 38.3 Å². The zero-order valence-corrected chi connectivity index (χ0v) is 15.2. The number of likely N-dealkylation sites (tertiary alicyclic amines) is 1. The topological polar surface area (TPSA) is 38.8 Å². The van der Waals surface area contributed by atoms with Crippen molar-refractivity contribution in [1.82, 2.24) is 4.90 Å². The van der Waals surface area contributed by atoms with Crippen LogP contribution in [0.2, 0.25) is 5.02 Å². The van der Waals surface area contributed by atoms with Crippen molar-refractivity contribution in [3.05, 3.63) is 59.1 Å². The lowest BCUT2D eigenvalue weighted by molar-refractivity contribution is -0.138. The Bertz CT molecular complexity index is 715. The smallest absolute Gasteiger partial charge is 0.263 e. The summed E-state index contributed by atoms with van der Waals surface area (Å²) in [5, 5.41) is 0.644. The summed E-state index contributed by atoms with van der Waals surface area (Å²) in [6.45, 7) is 2.55. The summed E-state index contributed by atoms with van der Waals surface area (Å²) in [5.74, 6) is 1.47. The van der Waals surface area contributed by atoms with Gasteiger partial charge in [0.25, 0.3) is 5.91 Å². The summed E-state index contributed by atoms with van der Waals surface area (Å²) in [4.78, 5) is 14.8. The fraction of sp³-hybridized carbons (Fsp3) is 0.350. The highest BCUT2D eigenvalue weighted by Gasteiger charge is 2.33. The van der Waals surface area contributed by atoms with E-state index in [-0.39, 0.29) is 11.9 Å². The zero-order valence-electron chi connectivity index (χ0n) is 14.4. The summed E-state index contributed by atoms with van der Waals surface area (Å²) < 4.78 is 11.0. The van der Waals surface area contributed by atoms with Crippen LogP contribution in [0.3, 0.4) is 0 Å². The molecule has 0 saturated carbocycles. The van der Waals surface area contributed by atoms with E-state index in [1.165, 1.54) is 0 Å². The van der Waals surface area contributed by atoms with Gasteiger partial charge in [-0.05, 0) is 61.7 Å². The van der Waals surface area contributed by atoms with E-state index in [1.807, 2.05) is 29.2 Å². The number of amides is 1. The average Bonchev–Trinajstić information content (AvgIpc) is 3.12. The molecule has 132 valence electrons. The number of carbonyl (C=O) groups excluding carboxylic acids is 1. The van der Waals surface area contributed by atoms with Crippen LogP contribution in [0.5, 0.6) is 11.5 Å². The molecule has 2 unspecified atom stereocenters. The maximum atomic E-state index is 12.9. The lowest BCUT2D eigenvalue weighted by Gasteiger charge is -2.28. The Balaban J connectivity index is 1.69. The van der Waals surface area contributed by atoms with Crippen molar-refractivity contribution in [3.8, 4) is 11.5 Å². The molecule has 0 spiro atoms. The summed E-state index contributed by atoms with van der Waals surface area (Å²) in [7, 11) is 1.65. The van der Waals surface area contributed by atoms with Crippen LogP contribution in [0.1, 0.15) is 31.4 Å². The van der Waals surface area contributed by atoms with Crippen LogP contribution < -0.4 is 9.47 Å². The van der Waals surface area contributed by atoms with Gasteiger partial charge >= 0.3 is 0 Å². The van der Waals surface area contributed by atoms with E-state index in [2.05, 4.69) is 0 Å². The highest BCUT2D eigenvalue weighted by Crippen LogP contribution is 2.33. The van der Waals surface area contributed by atoms with Crippen molar-refractivity contribution in [3.63, 3.8) is 0 Å². The minimum Gasteiger partial charge on any atom is -0.497 e. The monoisotopic (exact) mass is 359 g/mol. The molecule has 5 heteroatoms. The molecule has 25 heavy (non-hydrogen) atoms. The molecule has 1 fully saturated rings. The zero-order chi connectivity index (χ0) is 17.8. The molecule has 1 saturated heterocycles. The van der Waals surface area contributed by atoms with Crippen LogP contribution in [0.4, 0.5) is 0 Å². The third-order valence-corrected chi connectivity index (χ3v) is 4.76. The van der Waals surface area contributed by atoms with E-state index in [9.17, 15) is 4.79 Å². The van der Waals surface area contributed by atoms with Crippen molar-refractivity contribution in [2.75, 3.05) is 13.7 Å². The second-order valence-corrected chi connectivity index (χ2v) is 6.61. The SMILES string of the molecule is COc1ccc(C2CCCN2C(=O)C(C)Oc2ccc(Cl)cc2)cc1. The molecule has 0 radical (unpaired) electrons. The van der Waals surface area contributed by atoms with Crippen LogP contribution in [-0.4, -0.2) is 30.6 Å². The highest BCUT2D eigenvalue weighted by atomic mass is 35.5. The van der Waals surface area contributed by atoms with Gasteiger partial charge in [-0.25, -0.2) is 0 Å². The third kappa shape index (κ3) is 4.07. The highest BCUT2D eigenvalue weighted by molar-refractivity contribution is 6.30. The molecule has 3 rings (SSSR count). The molecular weight excluding hydrogens is 338 g/mol. The number of benzene rings is 2. The molecular formula is C20H22ClNO3. The standard InChI is InChI=1S/C20H22ClNO3/c1-14(25-18-11-7-16(21)8-12-18)20(23)22-13-3-4-19(22)15-5-9-17(24-2)10-6-15/h5-12,14,19H,3-4,13H2,1-2H3. The predicted octanol–water partition coefficient (Wildman–Crippen LogP) is 4.48. The number of ether oxygens (including phenoxy) is 2. The number of carbonyl (C=O) groups is 1. The maximum absolute atomic E-state index is 12.9. The molecule has 2 aromatic carbocycles. The van der Waals surface area contributed by atoms with E-state index in [0.717, 1.165) is 30.7 Å². The first-order valence-electron chi connectivity index (χ1n) is 8.45. The van der Waals surface area contributed by atoms with Crippen molar-refractivity contribution in [2.24, 2.45) is 0 Å². The van der Waals surface area contributed by atoms with Crippen molar-refractivity contribution < 1.29 is 14.3 Å².